The molecular formula is C10H7F. The predicted octanol–water partition coefficient (Wildman–Crippen LogP) is 2.45. The Labute approximate surface area is 65.4 Å². The lowest BCUT2D eigenvalue weighted by Crippen LogP contribution is -1.83. The highest BCUT2D eigenvalue weighted by atomic mass is 19.1. The molecule has 0 atom stereocenters. The maximum atomic E-state index is 12.8. The zero-order valence-electron chi connectivity index (χ0n) is 5.97. The van der Waals surface area contributed by atoms with Crippen LogP contribution in [0.2, 0.25) is 0 Å². The third-order valence-electron chi connectivity index (χ3n) is 1.38. The standard InChI is InChI=1S/C10H7F/c1-3-8-5-6-9(4-2)10(11)7-8/h2-3,5-7H,1H2. The van der Waals surface area contributed by atoms with Gasteiger partial charge >= 0.3 is 0 Å². The summed E-state index contributed by atoms with van der Waals surface area (Å²) in [7, 11) is 0. The number of hydrogen-bond acceptors (Lipinski definition) is 0. The van der Waals surface area contributed by atoms with Gasteiger partial charge in [0.1, 0.15) is 5.82 Å². The van der Waals surface area contributed by atoms with Crippen LogP contribution in [0.1, 0.15) is 11.1 Å². The van der Waals surface area contributed by atoms with Crippen LogP contribution < -0.4 is 0 Å². The summed E-state index contributed by atoms with van der Waals surface area (Å²) >= 11 is 0. The van der Waals surface area contributed by atoms with E-state index < -0.39 is 0 Å². The lowest BCUT2D eigenvalue weighted by molar-refractivity contribution is 0.624. The SMILES string of the molecule is C#Cc1ccc(C=C)cc1F. The van der Waals surface area contributed by atoms with E-state index in [1.54, 1.807) is 18.2 Å². The van der Waals surface area contributed by atoms with E-state index in [1.165, 1.54) is 6.07 Å². The molecule has 1 aromatic rings. The first-order valence-electron chi connectivity index (χ1n) is 3.16. The van der Waals surface area contributed by atoms with E-state index in [1.807, 2.05) is 0 Å². The Morgan fingerprint density at radius 2 is 2.27 bits per heavy atom. The first-order chi connectivity index (χ1) is 5.27. The topological polar surface area (TPSA) is 0 Å². The average molecular weight is 146 g/mol. The van der Waals surface area contributed by atoms with E-state index >= 15 is 0 Å². The molecule has 0 spiro atoms. The van der Waals surface area contributed by atoms with E-state index in [0.29, 0.717) is 0 Å². The quantitative estimate of drug-likeness (QED) is 0.534. The number of benzene rings is 1. The largest absolute Gasteiger partial charge is 0.206 e. The van der Waals surface area contributed by atoms with Crippen molar-refractivity contribution in [2.45, 2.75) is 0 Å². The van der Waals surface area contributed by atoms with Crippen LogP contribution in [-0.2, 0) is 0 Å². The van der Waals surface area contributed by atoms with Gasteiger partial charge in [0.2, 0.25) is 0 Å². The van der Waals surface area contributed by atoms with Crippen LogP contribution in [0.5, 0.6) is 0 Å². The number of rotatable bonds is 1. The molecule has 0 bridgehead atoms. The van der Waals surface area contributed by atoms with Crippen LogP contribution >= 0.6 is 0 Å². The molecule has 11 heavy (non-hydrogen) atoms. The molecule has 0 nitrogen and oxygen atoms in total. The minimum Gasteiger partial charge on any atom is -0.206 e. The molecule has 0 saturated heterocycles. The van der Waals surface area contributed by atoms with Crippen LogP contribution in [-0.4, -0.2) is 0 Å². The minimum atomic E-state index is -0.370. The highest BCUT2D eigenvalue weighted by Crippen LogP contribution is 2.09. The third-order valence-corrected chi connectivity index (χ3v) is 1.38. The molecule has 0 fully saturated rings. The van der Waals surface area contributed by atoms with E-state index in [-0.39, 0.29) is 11.4 Å². The summed E-state index contributed by atoms with van der Waals surface area (Å²) in [5.74, 6) is 1.87. The van der Waals surface area contributed by atoms with Crippen molar-refractivity contribution in [3.8, 4) is 12.3 Å². The third kappa shape index (κ3) is 1.47. The molecule has 0 heterocycles. The molecule has 0 N–H and O–H groups in total. The monoisotopic (exact) mass is 146 g/mol. The summed E-state index contributed by atoms with van der Waals surface area (Å²) in [6.07, 6.45) is 6.60. The first-order valence-corrected chi connectivity index (χ1v) is 3.16. The molecule has 0 aliphatic rings. The van der Waals surface area contributed by atoms with Crippen LogP contribution in [0.4, 0.5) is 4.39 Å². The van der Waals surface area contributed by atoms with Gasteiger partial charge in [0, 0.05) is 0 Å². The molecular weight excluding hydrogens is 139 g/mol. The van der Waals surface area contributed by atoms with Gasteiger partial charge in [-0.3, -0.25) is 0 Å². The van der Waals surface area contributed by atoms with Crippen LogP contribution in [0.3, 0.4) is 0 Å². The van der Waals surface area contributed by atoms with Crippen molar-refractivity contribution < 1.29 is 4.39 Å². The van der Waals surface area contributed by atoms with Gasteiger partial charge in [-0.05, 0) is 17.7 Å². The van der Waals surface area contributed by atoms with Crippen molar-refractivity contribution in [1.82, 2.24) is 0 Å². The first kappa shape index (κ1) is 7.56. The summed E-state index contributed by atoms with van der Waals surface area (Å²) < 4.78 is 12.8. The second kappa shape index (κ2) is 3.03. The van der Waals surface area contributed by atoms with Crippen LogP contribution in [0.25, 0.3) is 6.08 Å². The van der Waals surface area contributed by atoms with Crippen molar-refractivity contribution in [2.75, 3.05) is 0 Å². The molecule has 0 radical (unpaired) electrons. The van der Waals surface area contributed by atoms with Crippen molar-refractivity contribution >= 4 is 6.08 Å². The van der Waals surface area contributed by atoms with E-state index in [4.69, 9.17) is 6.42 Å². The fourth-order valence-electron chi connectivity index (χ4n) is 0.775. The zero-order chi connectivity index (χ0) is 8.27. The number of terminal acetylenes is 1. The van der Waals surface area contributed by atoms with Gasteiger partial charge in [-0.2, -0.15) is 0 Å². The molecule has 54 valence electrons. The number of hydrogen-bond donors (Lipinski definition) is 0. The van der Waals surface area contributed by atoms with Gasteiger partial charge in [-0.25, -0.2) is 4.39 Å². The Morgan fingerprint density at radius 3 is 2.73 bits per heavy atom. The van der Waals surface area contributed by atoms with Crippen LogP contribution in [0, 0.1) is 18.2 Å². The van der Waals surface area contributed by atoms with Gasteiger partial charge in [0.15, 0.2) is 0 Å². The summed E-state index contributed by atoms with van der Waals surface area (Å²) in [6, 6.07) is 4.65. The Kier molecular flexibility index (Phi) is 2.08. The van der Waals surface area contributed by atoms with Crippen molar-refractivity contribution in [3.63, 3.8) is 0 Å². The van der Waals surface area contributed by atoms with Gasteiger partial charge < -0.3 is 0 Å². The lowest BCUT2D eigenvalue weighted by atomic mass is 10.1. The fourth-order valence-corrected chi connectivity index (χ4v) is 0.775. The van der Waals surface area contributed by atoms with E-state index in [0.717, 1.165) is 5.56 Å². The molecule has 1 aromatic carbocycles. The molecule has 1 rings (SSSR count). The fraction of sp³-hybridized carbons (Fsp3) is 0. The van der Waals surface area contributed by atoms with Gasteiger partial charge in [-0.15, -0.1) is 6.42 Å². The minimum absolute atomic E-state index is 0.288. The van der Waals surface area contributed by atoms with Crippen LogP contribution in [0.15, 0.2) is 24.8 Å². The molecule has 1 heteroatoms. The number of halogens is 1. The summed E-state index contributed by atoms with van der Waals surface area (Å²) in [5, 5.41) is 0. The van der Waals surface area contributed by atoms with Crippen molar-refractivity contribution in [1.29, 1.82) is 0 Å². The van der Waals surface area contributed by atoms with Crippen molar-refractivity contribution in [3.05, 3.63) is 41.7 Å². The Bertz CT molecular complexity index is 318. The molecule has 0 unspecified atom stereocenters. The maximum Gasteiger partial charge on any atom is 0.139 e. The Balaban J connectivity index is 3.22. The normalized spacial score (nSPS) is 8.73. The van der Waals surface area contributed by atoms with Gasteiger partial charge in [0.05, 0.1) is 5.56 Å². The second-order valence-electron chi connectivity index (χ2n) is 2.09. The molecule has 0 aliphatic heterocycles. The van der Waals surface area contributed by atoms with E-state index in [2.05, 4.69) is 12.5 Å². The summed E-state index contributed by atoms with van der Waals surface area (Å²) in [4.78, 5) is 0. The Hall–Kier alpha value is -1.55. The second-order valence-corrected chi connectivity index (χ2v) is 2.09. The lowest BCUT2D eigenvalue weighted by Gasteiger charge is -1.95. The predicted molar refractivity (Wildman–Crippen MR) is 44.4 cm³/mol. The maximum absolute atomic E-state index is 12.8. The summed E-state index contributed by atoms with van der Waals surface area (Å²) in [5.41, 5.74) is 1.03. The van der Waals surface area contributed by atoms with Crippen molar-refractivity contribution in [2.24, 2.45) is 0 Å². The molecule has 0 aliphatic carbocycles. The zero-order valence-corrected chi connectivity index (χ0v) is 5.97. The summed E-state index contributed by atoms with van der Waals surface area (Å²) in [6.45, 7) is 3.51. The highest BCUT2D eigenvalue weighted by molar-refractivity contribution is 5.49. The van der Waals surface area contributed by atoms with Gasteiger partial charge in [0.25, 0.3) is 0 Å². The smallest absolute Gasteiger partial charge is 0.139 e. The van der Waals surface area contributed by atoms with E-state index in [9.17, 15) is 4.39 Å². The molecule has 0 aromatic heterocycles. The Morgan fingerprint density at radius 1 is 1.55 bits per heavy atom. The van der Waals surface area contributed by atoms with Gasteiger partial charge in [-0.1, -0.05) is 24.6 Å². The highest BCUT2D eigenvalue weighted by Gasteiger charge is 1.97. The molecule has 0 saturated carbocycles. The molecule has 0 amide bonds. The average Bonchev–Trinajstić information content (AvgIpc) is 2.04.